The van der Waals surface area contributed by atoms with E-state index in [-0.39, 0.29) is 0 Å². The lowest BCUT2D eigenvalue weighted by molar-refractivity contribution is 1.26. The summed E-state index contributed by atoms with van der Waals surface area (Å²) in [5.41, 5.74) is 10.3. The van der Waals surface area contributed by atoms with E-state index in [1.54, 1.807) is 4.90 Å². The maximum atomic E-state index is 9.41. The topological polar surface area (TPSA) is 53.0 Å². The van der Waals surface area contributed by atoms with Gasteiger partial charge in [0, 0.05) is 16.8 Å². The van der Waals surface area contributed by atoms with Crippen molar-refractivity contribution in [2.75, 3.05) is 4.90 Å². The molecule has 1 aliphatic rings. The zero-order chi connectivity index (χ0) is 12.5. The Hall–Kier alpha value is -2.73. The van der Waals surface area contributed by atoms with Gasteiger partial charge < -0.3 is 5.73 Å². The fourth-order valence-corrected chi connectivity index (χ4v) is 2.21. The molecule has 3 rings (SSSR count). The first-order valence-electron chi connectivity index (χ1n) is 5.67. The average molecular weight is 233 g/mol. The third-order valence-corrected chi connectivity index (χ3v) is 3.04. The van der Waals surface area contributed by atoms with Gasteiger partial charge >= 0.3 is 0 Å². The minimum Gasteiger partial charge on any atom is -0.398 e. The SMILES string of the molecule is N#CN1c2ccccc2C=C(N)c2ccccc21. The van der Waals surface area contributed by atoms with Crippen molar-refractivity contribution in [3.63, 3.8) is 0 Å². The largest absolute Gasteiger partial charge is 0.398 e. The molecule has 0 saturated carbocycles. The molecule has 1 heterocycles. The Kier molecular flexibility index (Phi) is 2.28. The zero-order valence-electron chi connectivity index (χ0n) is 9.67. The number of nitriles is 1. The van der Waals surface area contributed by atoms with E-state index in [1.807, 2.05) is 54.6 Å². The van der Waals surface area contributed by atoms with Gasteiger partial charge in [0.1, 0.15) is 0 Å². The summed E-state index contributed by atoms with van der Waals surface area (Å²) in [7, 11) is 0. The van der Waals surface area contributed by atoms with E-state index in [1.165, 1.54) is 0 Å². The monoisotopic (exact) mass is 233 g/mol. The van der Waals surface area contributed by atoms with Crippen LogP contribution in [-0.2, 0) is 0 Å². The highest BCUT2D eigenvalue weighted by Crippen LogP contribution is 2.37. The Morgan fingerprint density at radius 1 is 0.944 bits per heavy atom. The number of hydrogen-bond donors (Lipinski definition) is 1. The third-order valence-electron chi connectivity index (χ3n) is 3.04. The second-order valence-corrected chi connectivity index (χ2v) is 4.11. The number of hydrogen-bond acceptors (Lipinski definition) is 3. The van der Waals surface area contributed by atoms with Crippen LogP contribution in [0.1, 0.15) is 11.1 Å². The van der Waals surface area contributed by atoms with E-state index in [0.717, 1.165) is 22.5 Å². The van der Waals surface area contributed by atoms with Gasteiger partial charge in [0.25, 0.3) is 0 Å². The second kappa shape index (κ2) is 3.94. The lowest BCUT2D eigenvalue weighted by Gasteiger charge is -2.18. The van der Waals surface area contributed by atoms with Crippen molar-refractivity contribution in [1.82, 2.24) is 0 Å². The van der Waals surface area contributed by atoms with Gasteiger partial charge in [-0.25, -0.2) is 4.90 Å². The molecular weight excluding hydrogens is 222 g/mol. The van der Waals surface area contributed by atoms with Crippen LogP contribution < -0.4 is 10.6 Å². The Morgan fingerprint density at radius 3 is 2.39 bits per heavy atom. The summed E-state index contributed by atoms with van der Waals surface area (Å²) in [4.78, 5) is 1.61. The highest BCUT2D eigenvalue weighted by molar-refractivity contribution is 5.94. The molecule has 0 aliphatic carbocycles. The summed E-state index contributed by atoms with van der Waals surface area (Å²) in [5.74, 6) is 0. The number of nitrogens with two attached hydrogens (primary N) is 1. The summed E-state index contributed by atoms with van der Waals surface area (Å²) in [6, 6.07) is 15.4. The van der Waals surface area contributed by atoms with Gasteiger partial charge in [-0.3, -0.25) is 0 Å². The van der Waals surface area contributed by atoms with Crippen molar-refractivity contribution < 1.29 is 0 Å². The lowest BCUT2D eigenvalue weighted by Crippen LogP contribution is -2.11. The molecule has 0 saturated heterocycles. The second-order valence-electron chi connectivity index (χ2n) is 4.11. The van der Waals surface area contributed by atoms with Crippen molar-refractivity contribution in [1.29, 1.82) is 5.26 Å². The van der Waals surface area contributed by atoms with Crippen molar-refractivity contribution in [2.45, 2.75) is 0 Å². The van der Waals surface area contributed by atoms with E-state index in [2.05, 4.69) is 6.19 Å². The summed E-state index contributed by atoms with van der Waals surface area (Å²) in [6.45, 7) is 0. The number of para-hydroxylation sites is 2. The van der Waals surface area contributed by atoms with Crippen molar-refractivity contribution in [3.8, 4) is 6.19 Å². The molecule has 0 atom stereocenters. The maximum Gasteiger partial charge on any atom is 0.189 e. The average Bonchev–Trinajstić information content (AvgIpc) is 2.53. The number of nitrogens with zero attached hydrogens (tertiary/aromatic N) is 2. The number of benzene rings is 2. The Bertz CT molecular complexity index is 680. The van der Waals surface area contributed by atoms with Crippen molar-refractivity contribution in [2.24, 2.45) is 5.73 Å². The van der Waals surface area contributed by atoms with Crippen LogP contribution in [0.25, 0.3) is 11.8 Å². The molecule has 3 nitrogen and oxygen atoms in total. The van der Waals surface area contributed by atoms with E-state index in [0.29, 0.717) is 5.70 Å². The van der Waals surface area contributed by atoms with Gasteiger partial charge in [-0.2, -0.15) is 5.26 Å². The van der Waals surface area contributed by atoms with Gasteiger partial charge in [-0.05, 0) is 18.2 Å². The summed E-state index contributed by atoms with van der Waals surface area (Å²) in [5, 5.41) is 9.41. The molecule has 0 fully saturated rings. The zero-order valence-corrected chi connectivity index (χ0v) is 9.67. The quantitative estimate of drug-likeness (QED) is 0.711. The molecular formula is C15H11N3. The number of rotatable bonds is 0. The van der Waals surface area contributed by atoms with Crippen LogP contribution in [0, 0.1) is 11.5 Å². The molecule has 0 radical (unpaired) electrons. The van der Waals surface area contributed by atoms with Crippen LogP contribution in [-0.4, -0.2) is 0 Å². The first kappa shape index (κ1) is 10.4. The molecule has 0 aromatic heterocycles. The fourth-order valence-electron chi connectivity index (χ4n) is 2.21. The van der Waals surface area contributed by atoms with Gasteiger partial charge in [-0.1, -0.05) is 36.4 Å². The molecule has 2 aromatic rings. The van der Waals surface area contributed by atoms with Crippen LogP contribution in [0.15, 0.2) is 48.5 Å². The molecule has 1 aliphatic heterocycles. The summed E-state index contributed by atoms with van der Waals surface area (Å²) < 4.78 is 0. The van der Waals surface area contributed by atoms with Crippen molar-refractivity contribution in [3.05, 3.63) is 59.7 Å². The highest BCUT2D eigenvalue weighted by Gasteiger charge is 2.19. The van der Waals surface area contributed by atoms with E-state index < -0.39 is 0 Å². The molecule has 86 valence electrons. The van der Waals surface area contributed by atoms with E-state index >= 15 is 0 Å². The van der Waals surface area contributed by atoms with Crippen molar-refractivity contribution >= 4 is 23.1 Å². The molecule has 0 bridgehead atoms. The third kappa shape index (κ3) is 1.44. The van der Waals surface area contributed by atoms with Gasteiger partial charge in [0.2, 0.25) is 0 Å². The predicted octanol–water partition coefficient (Wildman–Crippen LogP) is 3.08. The Labute approximate surface area is 105 Å². The highest BCUT2D eigenvalue weighted by atomic mass is 15.1. The normalized spacial score (nSPS) is 12.8. The number of fused-ring (bicyclic) bond motifs is 2. The van der Waals surface area contributed by atoms with Gasteiger partial charge in [0.15, 0.2) is 6.19 Å². The molecule has 2 aromatic carbocycles. The first-order chi connectivity index (χ1) is 8.81. The molecule has 0 spiro atoms. The molecule has 0 unspecified atom stereocenters. The molecule has 18 heavy (non-hydrogen) atoms. The summed E-state index contributed by atoms with van der Waals surface area (Å²) in [6.07, 6.45) is 4.13. The van der Waals surface area contributed by atoms with E-state index in [9.17, 15) is 5.26 Å². The van der Waals surface area contributed by atoms with Crippen LogP contribution in [0.2, 0.25) is 0 Å². The lowest BCUT2D eigenvalue weighted by atomic mass is 10.1. The fraction of sp³-hybridized carbons (Fsp3) is 0. The van der Waals surface area contributed by atoms with E-state index in [4.69, 9.17) is 5.73 Å². The first-order valence-corrected chi connectivity index (χ1v) is 5.67. The Balaban J connectivity index is 2.36. The standard InChI is InChI=1S/C15H11N3/c16-10-18-14-7-3-1-5-11(14)9-13(17)12-6-2-4-8-15(12)18/h1-9H,17H2. The van der Waals surface area contributed by atoms with Gasteiger partial charge in [-0.15, -0.1) is 0 Å². The maximum absolute atomic E-state index is 9.41. The van der Waals surface area contributed by atoms with Crippen LogP contribution in [0.5, 0.6) is 0 Å². The van der Waals surface area contributed by atoms with Crippen LogP contribution in [0.3, 0.4) is 0 Å². The predicted molar refractivity (Wildman–Crippen MR) is 72.7 cm³/mol. The van der Waals surface area contributed by atoms with Crippen LogP contribution >= 0.6 is 0 Å². The Morgan fingerprint density at radius 2 is 1.61 bits per heavy atom. The molecule has 0 amide bonds. The summed E-state index contributed by atoms with van der Waals surface area (Å²) >= 11 is 0. The van der Waals surface area contributed by atoms with Gasteiger partial charge in [0.05, 0.1) is 11.4 Å². The van der Waals surface area contributed by atoms with Crippen LogP contribution in [0.4, 0.5) is 11.4 Å². The molecule has 2 N–H and O–H groups in total. The molecule has 3 heteroatoms. The minimum absolute atomic E-state index is 0.677. The smallest absolute Gasteiger partial charge is 0.189 e. The minimum atomic E-state index is 0.677. The number of anilines is 2.